The molecule has 0 amide bonds. The molecule has 0 aliphatic carbocycles. The van der Waals surface area contributed by atoms with Gasteiger partial charge in [0.1, 0.15) is 0 Å². The average Bonchev–Trinajstić information content (AvgIpc) is 2.98. The maximum atomic E-state index is 5.59. The fraction of sp³-hybridized carbons (Fsp3) is 0.462. The normalized spacial score (nSPS) is 10.7. The number of tetrazole rings is 1. The second-order valence-corrected chi connectivity index (χ2v) is 4.35. The summed E-state index contributed by atoms with van der Waals surface area (Å²) in [6, 6.07) is 9.82. The molecule has 0 saturated carbocycles. The van der Waals surface area contributed by atoms with Crippen molar-refractivity contribution in [1.29, 1.82) is 0 Å². The SMILES string of the molecule is COCCN(CCCN)c1nnnn1-c1ccccc1. The van der Waals surface area contributed by atoms with Crippen molar-refractivity contribution in [3.63, 3.8) is 0 Å². The van der Waals surface area contributed by atoms with Crippen LogP contribution >= 0.6 is 0 Å². The maximum Gasteiger partial charge on any atom is 0.250 e. The minimum absolute atomic E-state index is 0.617. The first kappa shape index (κ1) is 14.4. The number of hydrogen-bond acceptors (Lipinski definition) is 6. The molecule has 2 N–H and O–H groups in total. The van der Waals surface area contributed by atoms with Gasteiger partial charge in [-0.2, -0.15) is 4.68 Å². The van der Waals surface area contributed by atoms with E-state index in [0.717, 1.165) is 25.2 Å². The van der Waals surface area contributed by atoms with Gasteiger partial charge in [-0.1, -0.05) is 23.3 Å². The number of hydrogen-bond donors (Lipinski definition) is 1. The van der Waals surface area contributed by atoms with Crippen LogP contribution in [0.4, 0.5) is 5.95 Å². The molecule has 1 aromatic carbocycles. The van der Waals surface area contributed by atoms with Crippen LogP contribution in [0.1, 0.15) is 6.42 Å². The second kappa shape index (κ2) is 7.56. The molecule has 0 bridgehead atoms. The van der Waals surface area contributed by atoms with Crippen LogP contribution in [0.15, 0.2) is 30.3 Å². The first-order chi connectivity index (χ1) is 9.86. The number of benzene rings is 1. The van der Waals surface area contributed by atoms with Gasteiger partial charge in [0.25, 0.3) is 0 Å². The molecule has 20 heavy (non-hydrogen) atoms. The van der Waals surface area contributed by atoms with Crippen molar-refractivity contribution in [2.24, 2.45) is 5.73 Å². The Morgan fingerprint density at radius 3 is 2.75 bits per heavy atom. The smallest absolute Gasteiger partial charge is 0.250 e. The number of anilines is 1. The lowest BCUT2D eigenvalue weighted by atomic mass is 10.3. The van der Waals surface area contributed by atoms with E-state index >= 15 is 0 Å². The Morgan fingerprint density at radius 1 is 1.25 bits per heavy atom. The van der Waals surface area contributed by atoms with E-state index in [4.69, 9.17) is 10.5 Å². The molecule has 1 aromatic heterocycles. The van der Waals surface area contributed by atoms with E-state index in [1.807, 2.05) is 30.3 Å². The highest BCUT2D eigenvalue weighted by Crippen LogP contribution is 2.15. The first-order valence-corrected chi connectivity index (χ1v) is 6.64. The summed E-state index contributed by atoms with van der Waals surface area (Å²) in [5.41, 5.74) is 6.52. The fourth-order valence-corrected chi connectivity index (χ4v) is 1.91. The Morgan fingerprint density at radius 2 is 2.05 bits per heavy atom. The molecule has 0 aliphatic rings. The van der Waals surface area contributed by atoms with Gasteiger partial charge >= 0.3 is 0 Å². The summed E-state index contributed by atoms with van der Waals surface area (Å²) in [7, 11) is 1.68. The van der Waals surface area contributed by atoms with Crippen molar-refractivity contribution in [3.05, 3.63) is 30.3 Å². The molecule has 0 fully saturated rings. The van der Waals surface area contributed by atoms with E-state index in [0.29, 0.717) is 19.1 Å². The summed E-state index contributed by atoms with van der Waals surface area (Å²) >= 11 is 0. The molecular weight excluding hydrogens is 256 g/mol. The molecule has 0 atom stereocenters. The van der Waals surface area contributed by atoms with Gasteiger partial charge in [0, 0.05) is 20.2 Å². The molecule has 0 radical (unpaired) electrons. The molecule has 0 saturated heterocycles. The highest BCUT2D eigenvalue weighted by molar-refractivity contribution is 5.40. The summed E-state index contributed by atoms with van der Waals surface area (Å²) in [6.45, 7) is 2.78. The Labute approximate surface area is 118 Å². The molecule has 1 heterocycles. The molecule has 108 valence electrons. The summed E-state index contributed by atoms with van der Waals surface area (Å²) in [6.07, 6.45) is 0.880. The van der Waals surface area contributed by atoms with Crippen LogP contribution in [0.3, 0.4) is 0 Å². The average molecular weight is 276 g/mol. The third kappa shape index (κ3) is 3.52. The number of ether oxygens (including phenoxy) is 1. The Hall–Kier alpha value is -1.99. The fourth-order valence-electron chi connectivity index (χ4n) is 1.91. The van der Waals surface area contributed by atoms with Gasteiger partial charge in [0.15, 0.2) is 0 Å². The van der Waals surface area contributed by atoms with Gasteiger partial charge in [-0.05, 0) is 35.5 Å². The van der Waals surface area contributed by atoms with Gasteiger partial charge in [0.2, 0.25) is 5.95 Å². The molecule has 0 unspecified atom stereocenters. The van der Waals surface area contributed by atoms with E-state index in [2.05, 4.69) is 20.4 Å². The van der Waals surface area contributed by atoms with E-state index < -0.39 is 0 Å². The molecule has 2 rings (SSSR count). The van der Waals surface area contributed by atoms with Crippen molar-refractivity contribution in [2.45, 2.75) is 6.42 Å². The number of nitrogens with zero attached hydrogens (tertiary/aromatic N) is 5. The lowest BCUT2D eigenvalue weighted by molar-refractivity contribution is 0.204. The first-order valence-electron chi connectivity index (χ1n) is 6.64. The summed E-state index contributed by atoms with van der Waals surface area (Å²) in [4.78, 5) is 2.09. The van der Waals surface area contributed by atoms with Crippen LogP contribution in [0.2, 0.25) is 0 Å². The quantitative estimate of drug-likeness (QED) is 0.754. The summed E-state index contributed by atoms with van der Waals surface area (Å²) < 4.78 is 6.87. The van der Waals surface area contributed by atoms with Crippen molar-refractivity contribution in [3.8, 4) is 5.69 Å². The van der Waals surface area contributed by atoms with Crippen molar-refractivity contribution >= 4 is 5.95 Å². The zero-order chi connectivity index (χ0) is 14.2. The van der Waals surface area contributed by atoms with E-state index in [1.165, 1.54) is 0 Å². The number of nitrogens with two attached hydrogens (primary N) is 1. The van der Waals surface area contributed by atoms with Gasteiger partial charge < -0.3 is 15.4 Å². The van der Waals surface area contributed by atoms with Gasteiger partial charge in [-0.25, -0.2) is 0 Å². The van der Waals surface area contributed by atoms with E-state index in [1.54, 1.807) is 11.8 Å². The van der Waals surface area contributed by atoms with Gasteiger partial charge in [-0.3, -0.25) is 0 Å². The van der Waals surface area contributed by atoms with Gasteiger partial charge in [-0.15, -0.1) is 0 Å². The third-order valence-electron chi connectivity index (χ3n) is 2.93. The van der Waals surface area contributed by atoms with Crippen LogP contribution in [0.5, 0.6) is 0 Å². The Balaban J connectivity index is 2.22. The second-order valence-electron chi connectivity index (χ2n) is 4.35. The number of methoxy groups -OCH3 is 1. The molecule has 2 aromatic rings. The van der Waals surface area contributed by atoms with Crippen molar-refractivity contribution in [2.75, 3.05) is 38.3 Å². The maximum absolute atomic E-state index is 5.59. The predicted octanol–water partition coefficient (Wildman–Crippen LogP) is 0.464. The minimum atomic E-state index is 0.617. The Bertz CT molecular complexity index is 493. The number of rotatable bonds is 8. The molecule has 7 heteroatoms. The largest absolute Gasteiger partial charge is 0.383 e. The Kier molecular flexibility index (Phi) is 5.45. The van der Waals surface area contributed by atoms with Crippen LogP contribution in [0.25, 0.3) is 5.69 Å². The van der Waals surface area contributed by atoms with Crippen LogP contribution in [-0.2, 0) is 4.74 Å². The monoisotopic (exact) mass is 276 g/mol. The summed E-state index contributed by atoms with van der Waals surface area (Å²) in [5, 5.41) is 12.0. The van der Waals surface area contributed by atoms with Crippen molar-refractivity contribution < 1.29 is 4.74 Å². The molecular formula is C13H20N6O. The van der Waals surface area contributed by atoms with Crippen LogP contribution in [-0.4, -0.2) is 53.6 Å². The lowest BCUT2D eigenvalue weighted by Crippen LogP contribution is -2.32. The number of aromatic nitrogens is 4. The molecule has 0 spiro atoms. The standard InChI is InChI=1S/C13H20N6O/c1-20-11-10-18(9-5-8-14)13-15-16-17-19(13)12-6-3-2-4-7-12/h2-4,6-7H,5,8-11,14H2,1H3. The highest BCUT2D eigenvalue weighted by atomic mass is 16.5. The molecule has 0 aliphatic heterocycles. The molecule has 7 nitrogen and oxygen atoms in total. The zero-order valence-electron chi connectivity index (χ0n) is 11.6. The van der Waals surface area contributed by atoms with Crippen molar-refractivity contribution in [1.82, 2.24) is 20.2 Å². The van der Waals surface area contributed by atoms with Crippen LogP contribution < -0.4 is 10.6 Å². The third-order valence-corrected chi connectivity index (χ3v) is 2.93. The zero-order valence-corrected chi connectivity index (χ0v) is 11.6. The predicted molar refractivity (Wildman–Crippen MR) is 76.9 cm³/mol. The van der Waals surface area contributed by atoms with E-state index in [-0.39, 0.29) is 0 Å². The summed E-state index contributed by atoms with van der Waals surface area (Å²) in [5.74, 6) is 0.710. The lowest BCUT2D eigenvalue weighted by Gasteiger charge is -2.22. The van der Waals surface area contributed by atoms with E-state index in [9.17, 15) is 0 Å². The van der Waals surface area contributed by atoms with Gasteiger partial charge in [0.05, 0.1) is 12.3 Å². The number of para-hydroxylation sites is 1. The minimum Gasteiger partial charge on any atom is -0.383 e. The highest BCUT2D eigenvalue weighted by Gasteiger charge is 2.15. The topological polar surface area (TPSA) is 82.1 Å². The van der Waals surface area contributed by atoms with Crippen LogP contribution in [0, 0.1) is 0 Å².